The fraction of sp³-hybridized carbons (Fsp3) is 0.500. The van der Waals surface area contributed by atoms with E-state index < -0.39 is 9.05 Å². The molecule has 0 unspecified atom stereocenters. The van der Waals surface area contributed by atoms with Gasteiger partial charge in [-0.3, -0.25) is 4.68 Å². The molecule has 0 fully saturated rings. The van der Waals surface area contributed by atoms with Gasteiger partial charge < -0.3 is 0 Å². The van der Waals surface area contributed by atoms with Gasteiger partial charge in [-0.25, -0.2) is 8.42 Å². The van der Waals surface area contributed by atoms with Gasteiger partial charge in [-0.2, -0.15) is 5.10 Å². The van der Waals surface area contributed by atoms with Gasteiger partial charge in [0.2, 0.25) is 9.05 Å². The Hall–Kier alpha value is -0.550. The molecule has 0 amide bonds. The summed E-state index contributed by atoms with van der Waals surface area (Å²) in [6, 6.07) is 0. The van der Waals surface area contributed by atoms with Gasteiger partial charge in [-0.05, 0) is 6.92 Å². The van der Waals surface area contributed by atoms with E-state index in [0.717, 1.165) is 0 Å². The van der Waals surface area contributed by atoms with Crippen molar-refractivity contribution in [2.45, 2.75) is 12.7 Å². The molecule has 6 heteroatoms. The van der Waals surface area contributed by atoms with Gasteiger partial charge >= 0.3 is 0 Å². The molecule has 0 N–H and O–H groups in total. The molecule has 12 heavy (non-hydrogen) atoms. The van der Waals surface area contributed by atoms with Crippen molar-refractivity contribution >= 4 is 19.7 Å². The summed E-state index contributed by atoms with van der Waals surface area (Å²) in [5.74, 6) is -0.159. The third-order valence-corrected chi connectivity index (χ3v) is 2.43. The van der Waals surface area contributed by atoms with Crippen LogP contribution in [-0.4, -0.2) is 18.2 Å². The maximum Gasteiger partial charge on any atom is 0.236 e. The first-order valence-corrected chi connectivity index (χ1v) is 5.78. The van der Waals surface area contributed by atoms with Crippen molar-refractivity contribution in [2.24, 2.45) is 7.05 Å². The van der Waals surface area contributed by atoms with E-state index in [1.165, 1.54) is 0 Å². The second-order valence-electron chi connectivity index (χ2n) is 2.60. The van der Waals surface area contributed by atoms with Gasteiger partial charge in [0.05, 0.1) is 11.4 Å². The zero-order chi connectivity index (χ0) is 9.35. The van der Waals surface area contributed by atoms with Crippen molar-refractivity contribution in [3.05, 3.63) is 17.5 Å². The molecular formula is C6H9ClN2O2S. The molecule has 0 radical (unpaired) electrons. The lowest BCUT2D eigenvalue weighted by atomic mass is 10.3. The number of hydrogen-bond donors (Lipinski definition) is 0. The molecule has 0 bridgehead atoms. The first-order chi connectivity index (χ1) is 5.38. The predicted molar refractivity (Wildman–Crippen MR) is 46.4 cm³/mol. The molecule has 0 aromatic carbocycles. The lowest BCUT2D eigenvalue weighted by Crippen LogP contribution is -1.95. The minimum Gasteiger partial charge on any atom is -0.275 e. The van der Waals surface area contributed by atoms with Crippen LogP contribution in [0.25, 0.3) is 0 Å². The van der Waals surface area contributed by atoms with Crippen molar-refractivity contribution in [3.63, 3.8) is 0 Å². The Morgan fingerprint density at radius 3 is 2.58 bits per heavy atom. The number of hydrogen-bond acceptors (Lipinski definition) is 3. The monoisotopic (exact) mass is 208 g/mol. The van der Waals surface area contributed by atoms with Gasteiger partial charge in [-0.1, -0.05) is 0 Å². The Morgan fingerprint density at radius 1 is 1.67 bits per heavy atom. The second-order valence-corrected chi connectivity index (χ2v) is 5.37. The minimum atomic E-state index is -3.47. The van der Waals surface area contributed by atoms with Crippen molar-refractivity contribution in [3.8, 4) is 0 Å². The van der Waals surface area contributed by atoms with Crippen LogP contribution in [0.15, 0.2) is 6.20 Å². The summed E-state index contributed by atoms with van der Waals surface area (Å²) in [4.78, 5) is 0. The van der Waals surface area contributed by atoms with Gasteiger partial charge in [-0.15, -0.1) is 0 Å². The number of nitrogens with zero attached hydrogens (tertiary/aromatic N) is 2. The van der Waals surface area contributed by atoms with Gasteiger partial charge in [0, 0.05) is 29.5 Å². The zero-order valence-electron chi connectivity index (χ0n) is 6.78. The van der Waals surface area contributed by atoms with Crippen LogP contribution in [0.1, 0.15) is 11.3 Å². The fourth-order valence-electron chi connectivity index (χ4n) is 0.976. The Kier molecular flexibility index (Phi) is 2.44. The quantitative estimate of drug-likeness (QED) is 0.676. The Bertz CT molecular complexity index is 382. The van der Waals surface area contributed by atoms with E-state index in [1.807, 2.05) is 0 Å². The highest BCUT2D eigenvalue weighted by Gasteiger charge is 2.11. The van der Waals surface area contributed by atoms with Crippen molar-refractivity contribution in [1.82, 2.24) is 9.78 Å². The van der Waals surface area contributed by atoms with E-state index in [0.29, 0.717) is 11.3 Å². The summed E-state index contributed by atoms with van der Waals surface area (Å²) in [6.07, 6.45) is 1.65. The van der Waals surface area contributed by atoms with E-state index in [9.17, 15) is 8.42 Å². The Balaban J connectivity index is 2.97. The summed E-state index contributed by atoms with van der Waals surface area (Å²) < 4.78 is 22.9. The van der Waals surface area contributed by atoms with E-state index in [-0.39, 0.29) is 5.75 Å². The Labute approximate surface area is 75.6 Å². The number of halogens is 1. The molecule has 0 aliphatic heterocycles. The van der Waals surface area contributed by atoms with E-state index in [2.05, 4.69) is 5.10 Å². The molecule has 68 valence electrons. The standard InChI is InChI=1S/C6H9ClN2O2S/c1-5-6(3-9(2)8-5)4-12(7,10)11/h3H,4H2,1-2H3. The van der Waals surface area contributed by atoms with Crippen molar-refractivity contribution < 1.29 is 8.42 Å². The predicted octanol–water partition coefficient (Wildman–Crippen LogP) is 0.797. The molecule has 1 heterocycles. The van der Waals surface area contributed by atoms with Crippen LogP contribution in [0.4, 0.5) is 0 Å². The molecule has 0 saturated carbocycles. The Morgan fingerprint density at radius 2 is 2.25 bits per heavy atom. The molecule has 0 spiro atoms. The summed E-state index contributed by atoms with van der Waals surface area (Å²) in [7, 11) is 3.35. The van der Waals surface area contributed by atoms with Crippen LogP contribution in [0.2, 0.25) is 0 Å². The summed E-state index contributed by atoms with van der Waals surface area (Å²) in [5, 5.41) is 3.99. The SMILES string of the molecule is Cc1nn(C)cc1CS(=O)(=O)Cl. The topological polar surface area (TPSA) is 52.0 Å². The summed E-state index contributed by atoms with van der Waals surface area (Å²) >= 11 is 0. The lowest BCUT2D eigenvalue weighted by Gasteiger charge is -1.91. The molecule has 1 aromatic heterocycles. The molecule has 4 nitrogen and oxygen atoms in total. The highest BCUT2D eigenvalue weighted by Crippen LogP contribution is 2.11. The first kappa shape index (κ1) is 9.54. The normalized spacial score (nSPS) is 11.9. The number of rotatable bonds is 2. The molecule has 0 atom stereocenters. The summed E-state index contributed by atoms with van der Waals surface area (Å²) in [5.41, 5.74) is 1.34. The lowest BCUT2D eigenvalue weighted by molar-refractivity contribution is 0.608. The van der Waals surface area contributed by atoms with Crippen LogP contribution in [0, 0.1) is 6.92 Å². The van der Waals surface area contributed by atoms with Crippen LogP contribution < -0.4 is 0 Å². The fourth-order valence-corrected chi connectivity index (χ4v) is 1.98. The third-order valence-electron chi connectivity index (χ3n) is 1.44. The third kappa shape index (κ3) is 2.49. The highest BCUT2D eigenvalue weighted by molar-refractivity contribution is 8.13. The number of aryl methyl sites for hydroxylation is 2. The largest absolute Gasteiger partial charge is 0.275 e. The minimum absolute atomic E-state index is 0.159. The van der Waals surface area contributed by atoms with Crippen LogP contribution in [0.5, 0.6) is 0 Å². The first-order valence-electron chi connectivity index (χ1n) is 3.30. The molecule has 0 aliphatic carbocycles. The summed E-state index contributed by atoms with van der Waals surface area (Å²) in [6.45, 7) is 1.75. The molecule has 1 rings (SSSR count). The van der Waals surface area contributed by atoms with Crippen molar-refractivity contribution in [2.75, 3.05) is 0 Å². The van der Waals surface area contributed by atoms with Crippen molar-refractivity contribution in [1.29, 1.82) is 0 Å². The highest BCUT2D eigenvalue weighted by atomic mass is 35.7. The van der Waals surface area contributed by atoms with Gasteiger partial charge in [0.15, 0.2) is 0 Å². The van der Waals surface area contributed by atoms with Crippen LogP contribution >= 0.6 is 10.7 Å². The van der Waals surface area contributed by atoms with Crippen LogP contribution in [0.3, 0.4) is 0 Å². The second kappa shape index (κ2) is 3.06. The average Bonchev–Trinajstić information content (AvgIpc) is 2.06. The van der Waals surface area contributed by atoms with Crippen LogP contribution in [-0.2, 0) is 21.9 Å². The number of aromatic nitrogens is 2. The molecule has 1 aromatic rings. The van der Waals surface area contributed by atoms with E-state index in [1.54, 1.807) is 24.9 Å². The smallest absolute Gasteiger partial charge is 0.236 e. The van der Waals surface area contributed by atoms with Gasteiger partial charge in [0.1, 0.15) is 0 Å². The van der Waals surface area contributed by atoms with E-state index in [4.69, 9.17) is 10.7 Å². The molecule has 0 saturated heterocycles. The molecule has 0 aliphatic rings. The molecular weight excluding hydrogens is 200 g/mol. The van der Waals surface area contributed by atoms with E-state index >= 15 is 0 Å². The maximum absolute atomic E-state index is 10.7. The average molecular weight is 209 g/mol. The zero-order valence-corrected chi connectivity index (χ0v) is 8.35. The van der Waals surface area contributed by atoms with Gasteiger partial charge in [0.25, 0.3) is 0 Å². The maximum atomic E-state index is 10.7.